The highest BCUT2D eigenvalue weighted by molar-refractivity contribution is 5.94. The largest absolute Gasteiger partial charge is 0.335 e. The van der Waals surface area contributed by atoms with Crippen LogP contribution < -0.4 is 0 Å². The van der Waals surface area contributed by atoms with E-state index >= 15 is 0 Å². The normalized spacial score (nSPS) is 10.1. The molecule has 1 amide bonds. The molecule has 0 bridgehead atoms. The average Bonchev–Trinajstić information content (AvgIpc) is 2.29. The van der Waals surface area contributed by atoms with Crippen molar-refractivity contribution in [2.75, 3.05) is 6.54 Å². The van der Waals surface area contributed by atoms with Crippen LogP contribution in [0.3, 0.4) is 0 Å². The number of nitrogens with zero attached hydrogens (tertiary/aromatic N) is 2. The van der Waals surface area contributed by atoms with Crippen molar-refractivity contribution in [3.63, 3.8) is 0 Å². The molecule has 1 aromatic carbocycles. The molecule has 3 nitrogen and oxygen atoms in total. The number of hydrogen-bond acceptors (Lipinski definition) is 2. The molecule has 1 aromatic rings. The minimum atomic E-state index is -0.431. The highest BCUT2D eigenvalue weighted by Crippen LogP contribution is 2.10. The summed E-state index contributed by atoms with van der Waals surface area (Å²) in [6.07, 6.45) is 0.277. The predicted octanol–water partition coefficient (Wildman–Crippen LogP) is 2.59. The van der Waals surface area contributed by atoms with Crippen LogP contribution in [0.4, 0.5) is 4.39 Å². The number of hydrogen-bond donors (Lipinski definition) is 0. The molecule has 0 aliphatic rings. The monoisotopic (exact) mass is 234 g/mol. The Morgan fingerprint density at radius 2 is 2.24 bits per heavy atom. The molecule has 0 spiro atoms. The van der Waals surface area contributed by atoms with E-state index in [9.17, 15) is 9.18 Å². The molecule has 0 atom stereocenters. The number of rotatable bonds is 4. The molecular weight excluding hydrogens is 219 g/mol. The standard InChI is InChI=1S/C13H15FN2O/c1-10(2)16(8-4-7-15)13(17)11-5-3-6-12(14)9-11/h3,5-6,9-10H,4,8H2,1-2H3. The number of halogens is 1. The number of carbonyl (C=O) groups excluding carboxylic acids is 1. The summed E-state index contributed by atoms with van der Waals surface area (Å²) >= 11 is 0. The second kappa shape index (κ2) is 6.00. The van der Waals surface area contributed by atoms with E-state index in [0.717, 1.165) is 0 Å². The molecule has 0 saturated carbocycles. The lowest BCUT2D eigenvalue weighted by Crippen LogP contribution is -2.37. The molecule has 90 valence electrons. The van der Waals surface area contributed by atoms with Crippen LogP contribution in [0, 0.1) is 17.1 Å². The van der Waals surface area contributed by atoms with Gasteiger partial charge in [-0.25, -0.2) is 4.39 Å². The highest BCUT2D eigenvalue weighted by Gasteiger charge is 2.18. The van der Waals surface area contributed by atoms with Gasteiger partial charge in [0.2, 0.25) is 0 Å². The van der Waals surface area contributed by atoms with Crippen LogP contribution in [0.25, 0.3) is 0 Å². The van der Waals surface area contributed by atoms with Crippen molar-refractivity contribution in [2.24, 2.45) is 0 Å². The van der Waals surface area contributed by atoms with Gasteiger partial charge in [0, 0.05) is 18.2 Å². The van der Waals surface area contributed by atoms with Gasteiger partial charge in [-0.3, -0.25) is 4.79 Å². The quantitative estimate of drug-likeness (QED) is 0.803. The molecule has 17 heavy (non-hydrogen) atoms. The molecule has 1 rings (SSSR count). The maximum absolute atomic E-state index is 13.0. The van der Waals surface area contributed by atoms with Crippen LogP contribution in [0.15, 0.2) is 24.3 Å². The van der Waals surface area contributed by atoms with Gasteiger partial charge in [0.25, 0.3) is 5.91 Å². The van der Waals surface area contributed by atoms with Crippen LogP contribution in [0.2, 0.25) is 0 Å². The Labute approximate surface area is 100 Å². The van der Waals surface area contributed by atoms with E-state index in [-0.39, 0.29) is 18.4 Å². The molecule has 0 fully saturated rings. The van der Waals surface area contributed by atoms with Gasteiger partial charge in [-0.05, 0) is 32.0 Å². The second-order valence-electron chi connectivity index (χ2n) is 4.01. The third-order valence-electron chi connectivity index (χ3n) is 2.42. The van der Waals surface area contributed by atoms with Crippen molar-refractivity contribution in [1.82, 2.24) is 4.90 Å². The highest BCUT2D eigenvalue weighted by atomic mass is 19.1. The van der Waals surface area contributed by atoms with E-state index in [1.54, 1.807) is 11.0 Å². The maximum Gasteiger partial charge on any atom is 0.254 e. The first kappa shape index (κ1) is 13.2. The van der Waals surface area contributed by atoms with E-state index in [0.29, 0.717) is 12.1 Å². The fraction of sp³-hybridized carbons (Fsp3) is 0.385. The summed E-state index contributed by atoms with van der Waals surface area (Å²) < 4.78 is 13.0. The molecule has 0 aliphatic heterocycles. The maximum atomic E-state index is 13.0. The molecular formula is C13H15FN2O. The summed E-state index contributed by atoms with van der Waals surface area (Å²) in [6, 6.07) is 7.58. The second-order valence-corrected chi connectivity index (χ2v) is 4.01. The van der Waals surface area contributed by atoms with Gasteiger partial charge in [-0.1, -0.05) is 6.07 Å². The van der Waals surface area contributed by atoms with Crippen LogP contribution in [0.5, 0.6) is 0 Å². The fourth-order valence-electron chi connectivity index (χ4n) is 1.55. The molecule has 0 aliphatic carbocycles. The summed E-state index contributed by atoms with van der Waals surface area (Å²) in [5.74, 6) is -0.672. The Hall–Kier alpha value is -1.89. The van der Waals surface area contributed by atoms with Crippen LogP contribution >= 0.6 is 0 Å². The first-order valence-corrected chi connectivity index (χ1v) is 5.49. The van der Waals surface area contributed by atoms with Gasteiger partial charge in [-0.15, -0.1) is 0 Å². The van der Waals surface area contributed by atoms with Crippen LogP contribution in [0.1, 0.15) is 30.6 Å². The third-order valence-corrected chi connectivity index (χ3v) is 2.42. The zero-order valence-electron chi connectivity index (χ0n) is 9.98. The number of nitriles is 1. The molecule has 0 saturated heterocycles. The topological polar surface area (TPSA) is 44.1 Å². The SMILES string of the molecule is CC(C)N(CCC#N)C(=O)c1cccc(F)c1. The van der Waals surface area contributed by atoms with Crippen molar-refractivity contribution >= 4 is 5.91 Å². The number of benzene rings is 1. The van der Waals surface area contributed by atoms with Gasteiger partial charge in [0.1, 0.15) is 5.82 Å². The summed E-state index contributed by atoms with van der Waals surface area (Å²) in [7, 11) is 0. The van der Waals surface area contributed by atoms with E-state index in [2.05, 4.69) is 0 Å². The Bertz CT molecular complexity index is 437. The van der Waals surface area contributed by atoms with Gasteiger partial charge in [0.05, 0.1) is 12.5 Å². The van der Waals surface area contributed by atoms with Crippen molar-refractivity contribution in [3.05, 3.63) is 35.6 Å². The summed E-state index contributed by atoms with van der Waals surface area (Å²) in [5.41, 5.74) is 0.316. The van der Waals surface area contributed by atoms with Gasteiger partial charge < -0.3 is 4.90 Å². The summed E-state index contributed by atoms with van der Waals surface area (Å²) in [6.45, 7) is 4.10. The summed E-state index contributed by atoms with van der Waals surface area (Å²) in [5, 5.41) is 8.55. The Morgan fingerprint density at radius 3 is 2.76 bits per heavy atom. The molecule has 0 unspecified atom stereocenters. The van der Waals surface area contributed by atoms with E-state index < -0.39 is 5.82 Å². The minimum absolute atomic E-state index is 0.0147. The molecule has 0 aromatic heterocycles. The average molecular weight is 234 g/mol. The van der Waals surface area contributed by atoms with Gasteiger partial charge >= 0.3 is 0 Å². The van der Waals surface area contributed by atoms with Crippen LogP contribution in [-0.4, -0.2) is 23.4 Å². The smallest absolute Gasteiger partial charge is 0.254 e. The van der Waals surface area contributed by atoms with Crippen molar-refractivity contribution in [2.45, 2.75) is 26.3 Å². The third kappa shape index (κ3) is 3.56. The Balaban J connectivity index is 2.88. The van der Waals surface area contributed by atoms with Crippen molar-refractivity contribution in [1.29, 1.82) is 5.26 Å². The van der Waals surface area contributed by atoms with Crippen molar-refractivity contribution in [3.8, 4) is 6.07 Å². The Morgan fingerprint density at radius 1 is 1.53 bits per heavy atom. The first-order valence-electron chi connectivity index (χ1n) is 5.49. The molecule has 0 heterocycles. The van der Waals surface area contributed by atoms with Crippen molar-refractivity contribution < 1.29 is 9.18 Å². The number of carbonyl (C=O) groups is 1. The lowest BCUT2D eigenvalue weighted by molar-refractivity contribution is 0.0709. The predicted molar refractivity (Wildman–Crippen MR) is 62.8 cm³/mol. The lowest BCUT2D eigenvalue weighted by atomic mass is 10.1. The van der Waals surface area contributed by atoms with E-state index in [4.69, 9.17) is 5.26 Å². The Kier molecular flexibility index (Phi) is 4.65. The fourth-order valence-corrected chi connectivity index (χ4v) is 1.55. The molecule has 4 heteroatoms. The minimum Gasteiger partial charge on any atom is -0.335 e. The number of amides is 1. The van der Waals surface area contributed by atoms with Gasteiger partial charge in [-0.2, -0.15) is 5.26 Å². The molecule has 0 radical (unpaired) electrons. The zero-order chi connectivity index (χ0) is 12.8. The zero-order valence-corrected chi connectivity index (χ0v) is 9.98. The first-order chi connectivity index (χ1) is 8.06. The van der Waals surface area contributed by atoms with Gasteiger partial charge in [0.15, 0.2) is 0 Å². The van der Waals surface area contributed by atoms with E-state index in [1.165, 1.54) is 18.2 Å². The van der Waals surface area contributed by atoms with Crippen LogP contribution in [-0.2, 0) is 0 Å². The lowest BCUT2D eigenvalue weighted by Gasteiger charge is -2.25. The summed E-state index contributed by atoms with van der Waals surface area (Å²) in [4.78, 5) is 13.7. The van der Waals surface area contributed by atoms with E-state index in [1.807, 2.05) is 19.9 Å². The molecule has 0 N–H and O–H groups in total.